The van der Waals surface area contributed by atoms with Gasteiger partial charge in [0.1, 0.15) is 17.5 Å². The van der Waals surface area contributed by atoms with Crippen molar-refractivity contribution in [3.05, 3.63) is 47.1 Å². The van der Waals surface area contributed by atoms with Gasteiger partial charge in [-0.15, -0.1) is 0 Å². The van der Waals surface area contributed by atoms with E-state index in [0.717, 1.165) is 12.1 Å². The number of anilines is 1. The molecule has 0 saturated carbocycles. The van der Waals surface area contributed by atoms with Gasteiger partial charge in [0.2, 0.25) is 0 Å². The van der Waals surface area contributed by atoms with Gasteiger partial charge in [0.05, 0.1) is 10.6 Å². The summed E-state index contributed by atoms with van der Waals surface area (Å²) in [6.45, 7) is 0. The molecule has 0 bridgehead atoms. The van der Waals surface area contributed by atoms with Crippen LogP contribution in [0.4, 0.5) is 14.6 Å². The largest absolute Gasteiger partial charge is 0.383 e. The fraction of sp³-hybridized carbons (Fsp3) is 0. The van der Waals surface area contributed by atoms with E-state index in [9.17, 15) is 8.78 Å². The second-order valence-corrected chi connectivity index (χ2v) is 3.62. The second kappa shape index (κ2) is 4.06. The van der Waals surface area contributed by atoms with Crippen LogP contribution in [0.2, 0.25) is 5.02 Å². The molecule has 1 aromatic heterocycles. The third-order valence-electron chi connectivity index (χ3n) is 2.12. The van der Waals surface area contributed by atoms with Crippen LogP contribution in [0, 0.1) is 11.6 Å². The molecular weight excluding hydrogens is 234 g/mol. The molecule has 2 N–H and O–H groups in total. The lowest BCUT2D eigenvalue weighted by molar-refractivity contribution is 0.589. The lowest BCUT2D eigenvalue weighted by atomic mass is 10.1. The van der Waals surface area contributed by atoms with Gasteiger partial charge in [-0.05, 0) is 18.2 Å². The third kappa shape index (κ3) is 1.84. The molecule has 0 amide bonds. The number of nitrogens with two attached hydrogens (primary N) is 1. The van der Waals surface area contributed by atoms with Crippen molar-refractivity contribution in [2.24, 2.45) is 0 Å². The fourth-order valence-electron chi connectivity index (χ4n) is 1.41. The van der Waals surface area contributed by atoms with Crippen LogP contribution in [0.15, 0.2) is 30.5 Å². The maximum atomic E-state index is 13.5. The Morgan fingerprint density at radius 3 is 2.44 bits per heavy atom. The molecule has 0 aliphatic heterocycles. The van der Waals surface area contributed by atoms with Gasteiger partial charge in [-0.2, -0.15) is 0 Å². The van der Waals surface area contributed by atoms with Gasteiger partial charge in [0.25, 0.3) is 0 Å². The van der Waals surface area contributed by atoms with Gasteiger partial charge in [-0.25, -0.2) is 13.8 Å². The molecule has 1 aromatic carbocycles. The highest BCUT2D eigenvalue weighted by atomic mass is 35.5. The Morgan fingerprint density at radius 2 is 1.81 bits per heavy atom. The number of aromatic nitrogens is 1. The smallest absolute Gasteiger partial charge is 0.134 e. The maximum absolute atomic E-state index is 13.5. The Bertz CT molecular complexity index is 523. The molecule has 1 heterocycles. The molecular formula is C11H7ClF2N2. The molecule has 2 nitrogen and oxygen atoms in total. The molecule has 0 aliphatic carbocycles. The zero-order valence-corrected chi connectivity index (χ0v) is 8.80. The molecule has 0 saturated heterocycles. The Balaban J connectivity index is 2.72. The first-order valence-electron chi connectivity index (χ1n) is 4.45. The lowest BCUT2D eigenvalue weighted by Gasteiger charge is -2.07. The monoisotopic (exact) mass is 240 g/mol. The van der Waals surface area contributed by atoms with Crippen LogP contribution in [0.1, 0.15) is 0 Å². The number of hydrogen-bond donors (Lipinski definition) is 1. The highest BCUT2D eigenvalue weighted by Gasteiger charge is 2.14. The van der Waals surface area contributed by atoms with Crippen molar-refractivity contribution in [2.45, 2.75) is 0 Å². The van der Waals surface area contributed by atoms with Crippen molar-refractivity contribution in [2.75, 3.05) is 5.73 Å². The number of pyridine rings is 1. The molecule has 82 valence electrons. The summed E-state index contributed by atoms with van der Waals surface area (Å²) in [5.41, 5.74) is 5.50. The average molecular weight is 241 g/mol. The Morgan fingerprint density at radius 1 is 1.19 bits per heavy atom. The molecule has 0 fully saturated rings. The molecule has 0 spiro atoms. The Kier molecular flexibility index (Phi) is 2.75. The van der Waals surface area contributed by atoms with Crippen LogP contribution < -0.4 is 5.73 Å². The number of halogens is 3. The fourth-order valence-corrected chi connectivity index (χ4v) is 1.56. The summed E-state index contributed by atoms with van der Waals surface area (Å²) in [6, 6.07) is 4.96. The van der Waals surface area contributed by atoms with Gasteiger partial charge in [-0.1, -0.05) is 17.7 Å². The lowest BCUT2D eigenvalue weighted by Crippen LogP contribution is -1.97. The zero-order chi connectivity index (χ0) is 11.7. The van der Waals surface area contributed by atoms with Crippen LogP contribution in [0.3, 0.4) is 0 Å². The summed E-state index contributed by atoms with van der Waals surface area (Å²) in [5, 5.41) is 0.270. The van der Waals surface area contributed by atoms with Crippen LogP contribution in [-0.4, -0.2) is 4.98 Å². The average Bonchev–Trinajstić information content (AvgIpc) is 2.23. The quantitative estimate of drug-likeness (QED) is 0.831. The van der Waals surface area contributed by atoms with Crippen molar-refractivity contribution in [1.29, 1.82) is 0 Å². The van der Waals surface area contributed by atoms with Crippen molar-refractivity contribution < 1.29 is 8.78 Å². The van der Waals surface area contributed by atoms with Crippen LogP contribution in [0.5, 0.6) is 0 Å². The minimum atomic E-state index is -0.698. The van der Waals surface area contributed by atoms with E-state index >= 15 is 0 Å². The third-order valence-corrected chi connectivity index (χ3v) is 2.32. The van der Waals surface area contributed by atoms with E-state index in [1.807, 2.05) is 0 Å². The summed E-state index contributed by atoms with van der Waals surface area (Å²) >= 11 is 5.71. The molecule has 0 atom stereocenters. The van der Waals surface area contributed by atoms with E-state index < -0.39 is 11.6 Å². The molecule has 0 aliphatic rings. The molecule has 16 heavy (non-hydrogen) atoms. The van der Waals surface area contributed by atoms with E-state index in [1.54, 1.807) is 0 Å². The van der Waals surface area contributed by atoms with Crippen molar-refractivity contribution >= 4 is 17.4 Å². The minimum absolute atomic E-state index is 0.0356. The SMILES string of the molecule is Nc1ncc(Cl)cc1-c1c(F)cccc1F. The molecule has 0 radical (unpaired) electrons. The van der Waals surface area contributed by atoms with Crippen molar-refractivity contribution in [3.63, 3.8) is 0 Å². The maximum Gasteiger partial charge on any atom is 0.134 e. The number of rotatable bonds is 1. The predicted octanol–water partition coefficient (Wildman–Crippen LogP) is 3.26. The van der Waals surface area contributed by atoms with E-state index in [0.29, 0.717) is 0 Å². The predicted molar refractivity (Wildman–Crippen MR) is 59.0 cm³/mol. The van der Waals surface area contributed by atoms with Crippen LogP contribution >= 0.6 is 11.6 Å². The molecule has 2 aromatic rings. The zero-order valence-electron chi connectivity index (χ0n) is 8.05. The minimum Gasteiger partial charge on any atom is -0.383 e. The standard InChI is InChI=1S/C11H7ClF2N2/c12-6-4-7(11(15)16-5-6)10-8(13)2-1-3-9(10)14/h1-5H,(H2,15,16). The topological polar surface area (TPSA) is 38.9 Å². The highest BCUT2D eigenvalue weighted by molar-refractivity contribution is 6.30. The first kappa shape index (κ1) is 10.8. The first-order chi connectivity index (χ1) is 7.59. The van der Waals surface area contributed by atoms with Gasteiger partial charge in [-0.3, -0.25) is 0 Å². The Hall–Kier alpha value is -1.68. The van der Waals surface area contributed by atoms with Crippen molar-refractivity contribution in [3.8, 4) is 11.1 Å². The molecule has 5 heteroatoms. The number of hydrogen-bond acceptors (Lipinski definition) is 2. The summed E-state index contributed by atoms with van der Waals surface area (Å²) in [4.78, 5) is 3.75. The second-order valence-electron chi connectivity index (χ2n) is 3.18. The summed E-state index contributed by atoms with van der Waals surface area (Å²) in [7, 11) is 0. The van der Waals surface area contributed by atoms with Crippen molar-refractivity contribution in [1.82, 2.24) is 4.98 Å². The van der Waals surface area contributed by atoms with Gasteiger partial charge >= 0.3 is 0 Å². The van der Waals surface area contributed by atoms with Gasteiger partial charge < -0.3 is 5.73 Å². The van der Waals surface area contributed by atoms with E-state index in [4.69, 9.17) is 17.3 Å². The van der Waals surface area contributed by atoms with Gasteiger partial charge in [0, 0.05) is 11.8 Å². The normalized spacial score (nSPS) is 10.4. The van der Waals surface area contributed by atoms with E-state index in [1.165, 1.54) is 18.3 Å². The van der Waals surface area contributed by atoms with E-state index in [-0.39, 0.29) is 22.0 Å². The van der Waals surface area contributed by atoms with Crippen LogP contribution in [0.25, 0.3) is 11.1 Å². The summed E-state index contributed by atoms with van der Waals surface area (Å²) in [5.74, 6) is -1.36. The first-order valence-corrected chi connectivity index (χ1v) is 4.83. The molecule has 0 unspecified atom stereocenters. The number of benzene rings is 1. The molecule has 2 rings (SSSR count). The van der Waals surface area contributed by atoms with Gasteiger partial charge in [0.15, 0.2) is 0 Å². The van der Waals surface area contributed by atoms with E-state index in [2.05, 4.69) is 4.98 Å². The number of nitrogens with zero attached hydrogens (tertiary/aromatic N) is 1. The number of nitrogen functional groups attached to an aromatic ring is 1. The summed E-state index contributed by atoms with van der Waals surface area (Å²) < 4.78 is 27.0. The highest BCUT2D eigenvalue weighted by Crippen LogP contribution is 2.31. The summed E-state index contributed by atoms with van der Waals surface area (Å²) in [6.07, 6.45) is 1.32. The Labute approximate surface area is 95.7 Å². The van der Waals surface area contributed by atoms with Crippen LogP contribution in [-0.2, 0) is 0 Å².